The third-order valence-corrected chi connectivity index (χ3v) is 3.95. The van der Waals surface area contributed by atoms with Crippen molar-refractivity contribution in [2.24, 2.45) is 0 Å². The van der Waals surface area contributed by atoms with E-state index in [9.17, 15) is 9.50 Å². The van der Waals surface area contributed by atoms with E-state index in [1.807, 2.05) is 16.9 Å². The number of halogens is 1. The van der Waals surface area contributed by atoms with Crippen molar-refractivity contribution >= 4 is 0 Å². The van der Waals surface area contributed by atoms with Crippen LogP contribution in [0.3, 0.4) is 0 Å². The fourth-order valence-electron chi connectivity index (χ4n) is 2.54. The van der Waals surface area contributed by atoms with Crippen molar-refractivity contribution in [1.29, 1.82) is 0 Å². The van der Waals surface area contributed by atoms with Crippen molar-refractivity contribution < 1.29 is 9.50 Å². The fourth-order valence-corrected chi connectivity index (χ4v) is 2.54. The molecule has 4 heteroatoms. The second-order valence-electron chi connectivity index (χ2n) is 5.49. The topological polar surface area (TPSA) is 38.0 Å². The summed E-state index contributed by atoms with van der Waals surface area (Å²) in [5, 5.41) is 14.8. The van der Waals surface area contributed by atoms with Gasteiger partial charge in [-0.25, -0.2) is 4.39 Å². The zero-order chi connectivity index (χ0) is 15.4. The average molecular weight is 290 g/mol. The van der Waals surface area contributed by atoms with Crippen molar-refractivity contribution in [1.82, 2.24) is 9.78 Å². The van der Waals surface area contributed by atoms with Crippen LogP contribution in [0.25, 0.3) is 0 Å². The second-order valence-corrected chi connectivity index (χ2v) is 5.49. The molecule has 0 saturated heterocycles. The van der Waals surface area contributed by atoms with Crippen LogP contribution in [-0.4, -0.2) is 14.9 Å². The molecule has 1 aromatic heterocycles. The summed E-state index contributed by atoms with van der Waals surface area (Å²) in [6.07, 6.45) is 3.83. The number of hydrogen-bond acceptors (Lipinski definition) is 2. The van der Waals surface area contributed by atoms with Crippen LogP contribution in [0, 0.1) is 12.7 Å². The Morgan fingerprint density at radius 3 is 2.57 bits per heavy atom. The van der Waals surface area contributed by atoms with E-state index in [-0.39, 0.29) is 5.82 Å². The van der Waals surface area contributed by atoms with E-state index >= 15 is 0 Å². The number of aliphatic hydroxyl groups is 1. The first-order valence-electron chi connectivity index (χ1n) is 7.53. The van der Waals surface area contributed by atoms with Crippen LogP contribution in [0.5, 0.6) is 0 Å². The molecule has 1 unspecified atom stereocenters. The number of rotatable bonds is 6. The third-order valence-electron chi connectivity index (χ3n) is 3.95. The molecule has 0 aliphatic heterocycles. The zero-order valence-electron chi connectivity index (χ0n) is 12.9. The van der Waals surface area contributed by atoms with Crippen LogP contribution in [0.1, 0.15) is 55.7 Å². The van der Waals surface area contributed by atoms with E-state index in [0.717, 1.165) is 24.1 Å². The standard InChI is InChI=1S/C17H23FN2O/c1-4-15(5-2)20-9-8-14(19-20)11-17(21)13-6-7-16(18)12(3)10-13/h6-10,15,17,21H,4-5,11H2,1-3H3. The summed E-state index contributed by atoms with van der Waals surface area (Å²) in [6.45, 7) is 5.99. The molecule has 21 heavy (non-hydrogen) atoms. The molecule has 0 saturated carbocycles. The molecular formula is C17H23FN2O. The summed E-state index contributed by atoms with van der Waals surface area (Å²) in [7, 11) is 0. The molecule has 114 valence electrons. The van der Waals surface area contributed by atoms with E-state index in [4.69, 9.17) is 0 Å². The second kappa shape index (κ2) is 6.85. The molecular weight excluding hydrogens is 267 g/mol. The maximum Gasteiger partial charge on any atom is 0.126 e. The Morgan fingerprint density at radius 1 is 1.24 bits per heavy atom. The molecule has 2 aromatic rings. The number of aromatic nitrogens is 2. The molecule has 1 aromatic carbocycles. The van der Waals surface area contributed by atoms with Crippen molar-refractivity contribution in [3.8, 4) is 0 Å². The van der Waals surface area contributed by atoms with Crippen molar-refractivity contribution in [3.63, 3.8) is 0 Å². The van der Waals surface area contributed by atoms with Gasteiger partial charge in [-0.3, -0.25) is 4.68 Å². The Hall–Kier alpha value is -1.68. The molecule has 1 atom stereocenters. The third kappa shape index (κ3) is 3.70. The van der Waals surface area contributed by atoms with E-state index < -0.39 is 6.10 Å². The molecule has 0 fully saturated rings. The predicted octanol–water partition coefficient (Wildman–Crippen LogP) is 3.97. The lowest BCUT2D eigenvalue weighted by Crippen LogP contribution is -2.09. The number of aliphatic hydroxyl groups excluding tert-OH is 1. The van der Waals surface area contributed by atoms with Gasteiger partial charge in [-0.05, 0) is 43.0 Å². The lowest BCUT2D eigenvalue weighted by Gasteiger charge is -2.13. The lowest BCUT2D eigenvalue weighted by atomic mass is 10.0. The van der Waals surface area contributed by atoms with E-state index in [1.54, 1.807) is 19.1 Å². The van der Waals surface area contributed by atoms with Crippen LogP contribution in [0.2, 0.25) is 0 Å². The molecule has 2 rings (SSSR count). The van der Waals surface area contributed by atoms with Gasteiger partial charge in [0.15, 0.2) is 0 Å². The summed E-state index contributed by atoms with van der Waals surface area (Å²) in [5.74, 6) is -0.246. The maximum atomic E-state index is 13.3. The fraction of sp³-hybridized carbons (Fsp3) is 0.471. The highest BCUT2D eigenvalue weighted by Gasteiger charge is 2.13. The number of aryl methyl sites for hydroxylation is 1. The number of nitrogens with zero attached hydrogens (tertiary/aromatic N) is 2. The highest BCUT2D eigenvalue weighted by molar-refractivity contribution is 5.26. The van der Waals surface area contributed by atoms with Crippen molar-refractivity contribution in [3.05, 3.63) is 53.1 Å². The van der Waals surface area contributed by atoms with Gasteiger partial charge in [0.05, 0.1) is 17.8 Å². The normalized spacial score (nSPS) is 12.9. The van der Waals surface area contributed by atoms with Crippen LogP contribution in [-0.2, 0) is 6.42 Å². The van der Waals surface area contributed by atoms with Gasteiger partial charge in [-0.2, -0.15) is 5.10 Å². The predicted molar refractivity (Wildman–Crippen MR) is 81.6 cm³/mol. The summed E-state index contributed by atoms with van der Waals surface area (Å²) < 4.78 is 15.2. The zero-order valence-corrected chi connectivity index (χ0v) is 12.9. The summed E-state index contributed by atoms with van der Waals surface area (Å²) in [5.41, 5.74) is 2.14. The van der Waals surface area contributed by atoms with Gasteiger partial charge in [0.25, 0.3) is 0 Å². The largest absolute Gasteiger partial charge is 0.388 e. The minimum atomic E-state index is -0.658. The number of hydrogen-bond donors (Lipinski definition) is 1. The molecule has 0 aliphatic carbocycles. The Balaban J connectivity index is 2.08. The first-order chi connectivity index (χ1) is 10.0. The minimum absolute atomic E-state index is 0.246. The van der Waals surface area contributed by atoms with Gasteiger partial charge in [0.1, 0.15) is 5.82 Å². The summed E-state index contributed by atoms with van der Waals surface area (Å²) >= 11 is 0. The lowest BCUT2D eigenvalue weighted by molar-refractivity contribution is 0.176. The number of benzene rings is 1. The highest BCUT2D eigenvalue weighted by atomic mass is 19.1. The Bertz CT molecular complexity index is 590. The first-order valence-corrected chi connectivity index (χ1v) is 7.53. The van der Waals surface area contributed by atoms with Gasteiger partial charge in [0.2, 0.25) is 0 Å². The summed E-state index contributed by atoms with van der Waals surface area (Å²) in [6, 6.07) is 7.07. The smallest absolute Gasteiger partial charge is 0.126 e. The van der Waals surface area contributed by atoms with Crippen LogP contribution in [0.15, 0.2) is 30.5 Å². The molecule has 0 radical (unpaired) electrons. The molecule has 1 heterocycles. The van der Waals surface area contributed by atoms with Crippen LogP contribution >= 0.6 is 0 Å². The Labute approximate surface area is 125 Å². The van der Waals surface area contributed by atoms with Gasteiger partial charge in [0, 0.05) is 12.6 Å². The Morgan fingerprint density at radius 2 is 1.95 bits per heavy atom. The molecule has 0 amide bonds. The SMILES string of the molecule is CCC(CC)n1ccc(CC(O)c2ccc(F)c(C)c2)n1. The molecule has 0 aliphatic rings. The van der Waals surface area contributed by atoms with E-state index in [0.29, 0.717) is 18.0 Å². The Kier molecular flexibility index (Phi) is 5.12. The quantitative estimate of drug-likeness (QED) is 0.874. The maximum absolute atomic E-state index is 13.3. The van der Waals surface area contributed by atoms with Crippen molar-refractivity contribution in [2.45, 2.75) is 52.2 Å². The minimum Gasteiger partial charge on any atom is -0.388 e. The van der Waals surface area contributed by atoms with E-state index in [2.05, 4.69) is 18.9 Å². The first kappa shape index (κ1) is 15.7. The van der Waals surface area contributed by atoms with Gasteiger partial charge in [-0.1, -0.05) is 26.0 Å². The van der Waals surface area contributed by atoms with Crippen LogP contribution < -0.4 is 0 Å². The monoisotopic (exact) mass is 290 g/mol. The van der Waals surface area contributed by atoms with Gasteiger partial charge >= 0.3 is 0 Å². The molecule has 0 bridgehead atoms. The van der Waals surface area contributed by atoms with Gasteiger partial charge < -0.3 is 5.11 Å². The van der Waals surface area contributed by atoms with Gasteiger partial charge in [-0.15, -0.1) is 0 Å². The molecule has 0 spiro atoms. The molecule has 3 nitrogen and oxygen atoms in total. The highest BCUT2D eigenvalue weighted by Crippen LogP contribution is 2.21. The molecule has 1 N–H and O–H groups in total. The average Bonchev–Trinajstić information content (AvgIpc) is 2.91. The van der Waals surface area contributed by atoms with Crippen LogP contribution in [0.4, 0.5) is 4.39 Å². The summed E-state index contributed by atoms with van der Waals surface area (Å²) in [4.78, 5) is 0. The van der Waals surface area contributed by atoms with E-state index in [1.165, 1.54) is 6.07 Å². The van der Waals surface area contributed by atoms with Crippen molar-refractivity contribution in [2.75, 3.05) is 0 Å².